The molecule has 118 valence electrons. The van der Waals surface area contributed by atoms with Crippen molar-refractivity contribution >= 4 is 18.3 Å². The second-order valence-corrected chi connectivity index (χ2v) is 5.69. The molecule has 0 bridgehead atoms. The van der Waals surface area contributed by atoms with E-state index < -0.39 is 23.1 Å². The molecule has 1 aliphatic rings. The molecule has 2 rings (SSSR count). The number of carbonyl (C=O) groups is 1. The maximum absolute atomic E-state index is 13.6. The lowest BCUT2D eigenvalue weighted by molar-refractivity contribution is 0.0933. The number of benzene rings is 1. The van der Waals surface area contributed by atoms with E-state index in [1.165, 1.54) is 19.4 Å². The lowest BCUT2D eigenvalue weighted by Gasteiger charge is -2.33. The quantitative estimate of drug-likeness (QED) is 0.900. The minimum atomic E-state index is -0.847. The third-order valence-corrected chi connectivity index (χ3v) is 3.94. The van der Waals surface area contributed by atoms with Crippen molar-refractivity contribution in [1.29, 1.82) is 0 Å². The Kier molecular flexibility index (Phi) is 6.10. The van der Waals surface area contributed by atoms with Gasteiger partial charge in [0, 0.05) is 18.2 Å². The average Bonchev–Trinajstić information content (AvgIpc) is 2.41. The highest BCUT2D eigenvalue weighted by Gasteiger charge is 2.28. The van der Waals surface area contributed by atoms with E-state index in [9.17, 15) is 13.6 Å². The molecule has 0 saturated heterocycles. The maximum atomic E-state index is 13.6. The molecule has 1 fully saturated rings. The van der Waals surface area contributed by atoms with Gasteiger partial charge in [-0.3, -0.25) is 4.79 Å². The number of carbonyl (C=O) groups excluding carboxylic acids is 1. The molecule has 1 amide bonds. The molecule has 0 unspecified atom stereocenters. The van der Waals surface area contributed by atoms with E-state index in [-0.39, 0.29) is 23.5 Å². The third kappa shape index (κ3) is 4.38. The standard InChI is InChI=1S/C15H20F2N2O.ClH/c1-10-7-11(13(17)8-12(10)16)14(20)19-9-15(18)5-3-2-4-6-15;/h7-8H,2-6,9,18H2,1H3,(H,19,20);1H. The van der Waals surface area contributed by atoms with Gasteiger partial charge < -0.3 is 11.1 Å². The smallest absolute Gasteiger partial charge is 0.254 e. The fraction of sp³-hybridized carbons (Fsp3) is 0.533. The van der Waals surface area contributed by atoms with Crippen molar-refractivity contribution in [1.82, 2.24) is 5.32 Å². The Bertz CT molecular complexity index is 517. The molecule has 1 aromatic rings. The van der Waals surface area contributed by atoms with E-state index in [2.05, 4.69) is 5.32 Å². The van der Waals surface area contributed by atoms with Crippen LogP contribution in [0.25, 0.3) is 0 Å². The van der Waals surface area contributed by atoms with E-state index in [4.69, 9.17) is 5.73 Å². The Labute approximate surface area is 129 Å². The Morgan fingerprint density at radius 2 is 1.86 bits per heavy atom. The van der Waals surface area contributed by atoms with Crippen LogP contribution < -0.4 is 11.1 Å². The highest BCUT2D eigenvalue weighted by atomic mass is 35.5. The van der Waals surface area contributed by atoms with Crippen LogP contribution >= 0.6 is 12.4 Å². The minimum Gasteiger partial charge on any atom is -0.350 e. The van der Waals surface area contributed by atoms with Gasteiger partial charge in [0.05, 0.1) is 5.56 Å². The molecule has 3 nitrogen and oxygen atoms in total. The highest BCUT2D eigenvalue weighted by Crippen LogP contribution is 2.25. The normalized spacial score (nSPS) is 17.0. The fourth-order valence-corrected chi connectivity index (χ4v) is 2.62. The fourth-order valence-electron chi connectivity index (χ4n) is 2.62. The first-order chi connectivity index (χ1) is 9.41. The number of halogens is 3. The molecule has 21 heavy (non-hydrogen) atoms. The summed E-state index contributed by atoms with van der Waals surface area (Å²) in [6.45, 7) is 1.82. The number of nitrogens with two attached hydrogens (primary N) is 1. The van der Waals surface area contributed by atoms with Gasteiger partial charge in [0.1, 0.15) is 11.6 Å². The first-order valence-electron chi connectivity index (χ1n) is 6.94. The first-order valence-corrected chi connectivity index (χ1v) is 6.94. The van der Waals surface area contributed by atoms with Crippen LogP contribution in [0.3, 0.4) is 0 Å². The topological polar surface area (TPSA) is 55.1 Å². The van der Waals surface area contributed by atoms with E-state index >= 15 is 0 Å². The molecule has 1 aromatic carbocycles. The third-order valence-electron chi connectivity index (χ3n) is 3.94. The van der Waals surface area contributed by atoms with Crippen LogP contribution in [0.1, 0.15) is 48.0 Å². The summed E-state index contributed by atoms with van der Waals surface area (Å²) in [7, 11) is 0. The number of aryl methyl sites for hydroxylation is 1. The van der Waals surface area contributed by atoms with Gasteiger partial charge in [-0.15, -0.1) is 12.4 Å². The molecule has 1 saturated carbocycles. The van der Waals surface area contributed by atoms with Crippen molar-refractivity contribution in [2.75, 3.05) is 6.54 Å². The molecule has 0 aliphatic heterocycles. The summed E-state index contributed by atoms with van der Waals surface area (Å²) < 4.78 is 26.8. The van der Waals surface area contributed by atoms with Crippen LogP contribution in [0.5, 0.6) is 0 Å². The molecular formula is C15H21ClF2N2O. The Hall–Kier alpha value is -1.20. The van der Waals surface area contributed by atoms with Crippen LogP contribution in [0, 0.1) is 18.6 Å². The van der Waals surface area contributed by atoms with Gasteiger partial charge in [-0.25, -0.2) is 8.78 Å². The van der Waals surface area contributed by atoms with Crippen LogP contribution in [-0.4, -0.2) is 18.0 Å². The Morgan fingerprint density at radius 3 is 2.48 bits per heavy atom. The highest BCUT2D eigenvalue weighted by molar-refractivity contribution is 5.94. The van der Waals surface area contributed by atoms with Gasteiger partial charge in [0.25, 0.3) is 5.91 Å². The molecule has 1 aliphatic carbocycles. The van der Waals surface area contributed by atoms with Crippen LogP contribution in [0.2, 0.25) is 0 Å². The predicted octanol–water partition coefficient (Wildman–Crippen LogP) is 3.09. The molecular weight excluding hydrogens is 298 g/mol. The van der Waals surface area contributed by atoms with Crippen LogP contribution in [0.15, 0.2) is 12.1 Å². The van der Waals surface area contributed by atoms with E-state index in [0.717, 1.165) is 31.7 Å². The molecule has 0 radical (unpaired) electrons. The molecule has 6 heteroatoms. The summed E-state index contributed by atoms with van der Waals surface area (Å²) in [5.74, 6) is -2.04. The Balaban J connectivity index is 0.00000220. The van der Waals surface area contributed by atoms with E-state index in [0.29, 0.717) is 6.54 Å². The van der Waals surface area contributed by atoms with Crippen molar-refractivity contribution in [2.24, 2.45) is 5.73 Å². The predicted molar refractivity (Wildman–Crippen MR) is 80.7 cm³/mol. The van der Waals surface area contributed by atoms with Gasteiger partial charge in [-0.05, 0) is 31.4 Å². The van der Waals surface area contributed by atoms with E-state index in [1.807, 2.05) is 0 Å². The SMILES string of the molecule is Cc1cc(C(=O)NCC2(N)CCCCC2)c(F)cc1F.Cl. The maximum Gasteiger partial charge on any atom is 0.254 e. The molecule has 0 atom stereocenters. The number of hydrogen-bond donors (Lipinski definition) is 2. The van der Waals surface area contributed by atoms with E-state index in [1.54, 1.807) is 0 Å². The van der Waals surface area contributed by atoms with Gasteiger partial charge in [-0.2, -0.15) is 0 Å². The number of rotatable bonds is 3. The number of amides is 1. The summed E-state index contributed by atoms with van der Waals surface area (Å²) in [4.78, 5) is 12.0. The second kappa shape index (κ2) is 7.18. The van der Waals surface area contributed by atoms with Crippen molar-refractivity contribution < 1.29 is 13.6 Å². The van der Waals surface area contributed by atoms with Crippen molar-refractivity contribution in [3.05, 3.63) is 34.9 Å². The number of hydrogen-bond acceptors (Lipinski definition) is 2. The second-order valence-electron chi connectivity index (χ2n) is 5.69. The van der Waals surface area contributed by atoms with Crippen molar-refractivity contribution in [3.8, 4) is 0 Å². The average molecular weight is 319 g/mol. The Morgan fingerprint density at radius 1 is 1.24 bits per heavy atom. The summed E-state index contributed by atoms with van der Waals surface area (Å²) in [5.41, 5.74) is 5.92. The molecule has 0 aromatic heterocycles. The molecule has 0 heterocycles. The summed E-state index contributed by atoms with van der Waals surface area (Å²) >= 11 is 0. The molecule has 0 spiro atoms. The first kappa shape index (κ1) is 17.9. The van der Waals surface area contributed by atoms with Crippen LogP contribution in [0.4, 0.5) is 8.78 Å². The van der Waals surface area contributed by atoms with Gasteiger partial charge in [0.2, 0.25) is 0 Å². The largest absolute Gasteiger partial charge is 0.350 e. The lowest BCUT2D eigenvalue weighted by Crippen LogP contribution is -2.51. The molecule has 3 N–H and O–H groups in total. The van der Waals surface area contributed by atoms with Gasteiger partial charge >= 0.3 is 0 Å². The minimum absolute atomic E-state index is 0. The zero-order chi connectivity index (χ0) is 14.8. The zero-order valence-electron chi connectivity index (χ0n) is 12.0. The summed E-state index contributed by atoms with van der Waals surface area (Å²) in [6, 6.07) is 1.97. The lowest BCUT2D eigenvalue weighted by atomic mass is 9.82. The monoisotopic (exact) mass is 318 g/mol. The van der Waals surface area contributed by atoms with Crippen LogP contribution in [-0.2, 0) is 0 Å². The summed E-state index contributed by atoms with van der Waals surface area (Å²) in [5, 5.41) is 2.67. The van der Waals surface area contributed by atoms with Crippen molar-refractivity contribution in [3.63, 3.8) is 0 Å². The van der Waals surface area contributed by atoms with Gasteiger partial charge in [0.15, 0.2) is 0 Å². The van der Waals surface area contributed by atoms with Crippen molar-refractivity contribution in [2.45, 2.75) is 44.6 Å². The van der Waals surface area contributed by atoms with Gasteiger partial charge in [-0.1, -0.05) is 19.3 Å². The zero-order valence-corrected chi connectivity index (χ0v) is 12.9. The summed E-state index contributed by atoms with van der Waals surface area (Å²) in [6.07, 6.45) is 4.99. The number of nitrogens with one attached hydrogen (secondary N) is 1.